The molecule has 0 saturated heterocycles. The van der Waals surface area contributed by atoms with Gasteiger partial charge in [0.25, 0.3) is 11.6 Å². The number of carbonyl (C=O) groups is 1. The normalized spacial score (nSPS) is 10.7. The molecule has 0 aliphatic carbocycles. The first-order valence-corrected chi connectivity index (χ1v) is 10.6. The Morgan fingerprint density at radius 2 is 1.79 bits per heavy atom. The maximum Gasteiger partial charge on any atom is 0.271 e. The largest absolute Gasteiger partial charge is 0.493 e. The van der Waals surface area contributed by atoms with E-state index in [1.807, 2.05) is 6.92 Å². The molecule has 0 atom stereocenters. The molecular formula is C24H22ClN3O6. The molecule has 0 aliphatic heterocycles. The summed E-state index contributed by atoms with van der Waals surface area (Å²) in [5, 5.41) is 15.3. The molecule has 0 radical (unpaired) electrons. The molecule has 0 saturated carbocycles. The van der Waals surface area contributed by atoms with Crippen molar-refractivity contribution in [2.24, 2.45) is 5.10 Å². The molecule has 176 valence electrons. The summed E-state index contributed by atoms with van der Waals surface area (Å²) in [7, 11) is 1.50. The van der Waals surface area contributed by atoms with Crippen LogP contribution >= 0.6 is 11.6 Å². The van der Waals surface area contributed by atoms with Gasteiger partial charge >= 0.3 is 0 Å². The first-order valence-electron chi connectivity index (χ1n) is 10.2. The van der Waals surface area contributed by atoms with Gasteiger partial charge in [-0.25, -0.2) is 5.43 Å². The Bertz CT molecular complexity index is 1200. The third-order valence-corrected chi connectivity index (χ3v) is 4.84. The van der Waals surface area contributed by atoms with E-state index in [2.05, 4.69) is 10.5 Å². The second kappa shape index (κ2) is 11.7. The van der Waals surface area contributed by atoms with Crippen molar-refractivity contribution in [1.82, 2.24) is 5.43 Å². The number of halogens is 1. The molecule has 3 rings (SSSR count). The van der Waals surface area contributed by atoms with Gasteiger partial charge in [-0.2, -0.15) is 5.10 Å². The fourth-order valence-electron chi connectivity index (χ4n) is 2.94. The van der Waals surface area contributed by atoms with Crippen molar-refractivity contribution in [3.63, 3.8) is 0 Å². The van der Waals surface area contributed by atoms with E-state index in [4.69, 9.17) is 25.8 Å². The Morgan fingerprint density at radius 1 is 1.06 bits per heavy atom. The smallest absolute Gasteiger partial charge is 0.271 e. The van der Waals surface area contributed by atoms with E-state index in [-0.39, 0.29) is 12.3 Å². The zero-order valence-corrected chi connectivity index (χ0v) is 19.2. The molecule has 3 aromatic carbocycles. The molecule has 9 nitrogen and oxygen atoms in total. The zero-order chi connectivity index (χ0) is 24.5. The van der Waals surface area contributed by atoms with Crippen LogP contribution in [0.25, 0.3) is 0 Å². The standard InChI is InChI=1S/C24H22ClN3O6/c1-3-33-22-10-6-17(13-23(22)32-2)24(29)27-26-14-18-12-19(25)7-11-21(18)34-15-16-4-8-20(9-5-16)28(30)31/h4-14H,3,15H2,1-2H3,(H,27,29)/b26-14+. The highest BCUT2D eigenvalue weighted by Gasteiger charge is 2.11. The van der Waals surface area contributed by atoms with E-state index in [9.17, 15) is 14.9 Å². The lowest BCUT2D eigenvalue weighted by Gasteiger charge is -2.11. The van der Waals surface area contributed by atoms with Crippen molar-refractivity contribution in [2.45, 2.75) is 13.5 Å². The minimum absolute atomic E-state index is 0.00366. The van der Waals surface area contributed by atoms with Crippen LogP contribution in [0.5, 0.6) is 17.2 Å². The third-order valence-electron chi connectivity index (χ3n) is 4.61. The third kappa shape index (κ3) is 6.46. The number of nitro benzene ring substituents is 1. The number of amides is 1. The van der Waals surface area contributed by atoms with Crippen LogP contribution in [-0.2, 0) is 6.61 Å². The molecule has 1 amide bonds. The number of hydrogen-bond acceptors (Lipinski definition) is 7. The molecule has 1 N–H and O–H groups in total. The number of nitrogens with zero attached hydrogens (tertiary/aromatic N) is 2. The number of carbonyl (C=O) groups excluding carboxylic acids is 1. The summed E-state index contributed by atoms with van der Waals surface area (Å²) >= 11 is 6.10. The minimum atomic E-state index is -0.462. The van der Waals surface area contributed by atoms with Gasteiger partial charge in [0.05, 0.1) is 24.9 Å². The van der Waals surface area contributed by atoms with E-state index in [0.29, 0.717) is 40.0 Å². The Kier molecular flexibility index (Phi) is 8.42. The van der Waals surface area contributed by atoms with Gasteiger partial charge in [-0.1, -0.05) is 11.6 Å². The number of hydrogen-bond donors (Lipinski definition) is 1. The Morgan fingerprint density at radius 3 is 2.47 bits per heavy atom. The molecule has 10 heteroatoms. The fourth-order valence-corrected chi connectivity index (χ4v) is 3.12. The van der Waals surface area contributed by atoms with Gasteiger partial charge < -0.3 is 14.2 Å². The Hall–Kier alpha value is -4.11. The highest BCUT2D eigenvalue weighted by Crippen LogP contribution is 2.28. The van der Waals surface area contributed by atoms with E-state index in [1.165, 1.54) is 25.5 Å². The summed E-state index contributed by atoms with van der Waals surface area (Å²) in [6.07, 6.45) is 1.42. The van der Waals surface area contributed by atoms with E-state index < -0.39 is 10.8 Å². The van der Waals surface area contributed by atoms with Crippen LogP contribution in [0.3, 0.4) is 0 Å². The highest BCUT2D eigenvalue weighted by molar-refractivity contribution is 6.30. The van der Waals surface area contributed by atoms with Gasteiger partial charge in [0.1, 0.15) is 12.4 Å². The number of benzene rings is 3. The second-order valence-corrected chi connectivity index (χ2v) is 7.33. The molecule has 0 aromatic heterocycles. The molecule has 0 bridgehead atoms. The first kappa shape index (κ1) is 24.5. The van der Waals surface area contributed by atoms with Crippen LogP contribution in [0.2, 0.25) is 5.02 Å². The number of non-ortho nitro benzene ring substituents is 1. The maximum absolute atomic E-state index is 12.5. The van der Waals surface area contributed by atoms with Crippen molar-refractivity contribution in [1.29, 1.82) is 0 Å². The van der Waals surface area contributed by atoms with Crippen molar-refractivity contribution < 1.29 is 23.9 Å². The molecule has 34 heavy (non-hydrogen) atoms. The van der Waals surface area contributed by atoms with Gasteiger partial charge in [-0.05, 0) is 61.0 Å². The van der Waals surface area contributed by atoms with Crippen LogP contribution in [0.4, 0.5) is 5.69 Å². The summed E-state index contributed by atoms with van der Waals surface area (Å²) in [5.41, 5.74) is 4.10. The first-order chi connectivity index (χ1) is 16.4. The predicted molar refractivity (Wildman–Crippen MR) is 128 cm³/mol. The lowest BCUT2D eigenvalue weighted by atomic mass is 10.2. The molecule has 0 heterocycles. The summed E-state index contributed by atoms with van der Waals surface area (Å²) in [6.45, 7) is 2.51. The number of ether oxygens (including phenoxy) is 3. The molecule has 0 fully saturated rings. The number of methoxy groups -OCH3 is 1. The highest BCUT2D eigenvalue weighted by atomic mass is 35.5. The van der Waals surface area contributed by atoms with Crippen molar-refractivity contribution in [3.05, 3.63) is 92.5 Å². The average Bonchev–Trinajstić information content (AvgIpc) is 2.84. The van der Waals surface area contributed by atoms with E-state index >= 15 is 0 Å². The van der Waals surface area contributed by atoms with Crippen LogP contribution in [-0.4, -0.2) is 30.8 Å². The fraction of sp³-hybridized carbons (Fsp3) is 0.167. The average molecular weight is 484 g/mol. The van der Waals surface area contributed by atoms with Gasteiger partial charge in [-0.3, -0.25) is 14.9 Å². The summed E-state index contributed by atoms with van der Waals surface area (Å²) in [4.78, 5) is 22.8. The Labute approximate surface area is 201 Å². The van der Waals surface area contributed by atoms with Gasteiger partial charge in [0.2, 0.25) is 0 Å². The summed E-state index contributed by atoms with van der Waals surface area (Å²) in [6, 6.07) is 15.9. The molecule has 3 aromatic rings. The summed E-state index contributed by atoms with van der Waals surface area (Å²) < 4.78 is 16.5. The van der Waals surface area contributed by atoms with Crippen LogP contribution < -0.4 is 19.6 Å². The molecular weight excluding hydrogens is 462 g/mol. The number of hydrazone groups is 1. The maximum atomic E-state index is 12.5. The lowest BCUT2D eigenvalue weighted by molar-refractivity contribution is -0.384. The lowest BCUT2D eigenvalue weighted by Crippen LogP contribution is -2.17. The van der Waals surface area contributed by atoms with Gasteiger partial charge in [-0.15, -0.1) is 0 Å². The van der Waals surface area contributed by atoms with E-state index in [0.717, 1.165) is 5.56 Å². The van der Waals surface area contributed by atoms with Crippen LogP contribution in [0, 0.1) is 10.1 Å². The summed E-state index contributed by atoms with van der Waals surface area (Å²) in [5.74, 6) is 1.02. The van der Waals surface area contributed by atoms with Gasteiger partial charge in [0.15, 0.2) is 11.5 Å². The molecule has 0 unspecified atom stereocenters. The predicted octanol–water partition coefficient (Wildman–Crippen LogP) is 5.00. The van der Waals surface area contributed by atoms with Crippen LogP contribution in [0.15, 0.2) is 65.8 Å². The van der Waals surface area contributed by atoms with Crippen molar-refractivity contribution in [3.8, 4) is 17.2 Å². The van der Waals surface area contributed by atoms with Crippen molar-refractivity contribution in [2.75, 3.05) is 13.7 Å². The van der Waals surface area contributed by atoms with E-state index in [1.54, 1.807) is 48.5 Å². The molecule has 0 aliphatic rings. The minimum Gasteiger partial charge on any atom is -0.493 e. The zero-order valence-electron chi connectivity index (χ0n) is 18.5. The second-order valence-electron chi connectivity index (χ2n) is 6.89. The monoisotopic (exact) mass is 483 g/mol. The van der Waals surface area contributed by atoms with Crippen LogP contribution in [0.1, 0.15) is 28.4 Å². The number of nitro groups is 1. The quantitative estimate of drug-likeness (QED) is 0.247. The SMILES string of the molecule is CCOc1ccc(C(=O)N/N=C/c2cc(Cl)ccc2OCc2ccc([N+](=O)[O-])cc2)cc1OC. The van der Waals surface area contributed by atoms with Crippen molar-refractivity contribution >= 4 is 29.4 Å². The number of rotatable bonds is 10. The number of nitrogens with one attached hydrogen (secondary N) is 1. The Balaban J connectivity index is 1.68. The molecule has 0 spiro atoms. The topological polar surface area (TPSA) is 112 Å². The van der Waals surface area contributed by atoms with Gasteiger partial charge in [0, 0.05) is 28.3 Å².